The van der Waals surface area contributed by atoms with E-state index in [2.05, 4.69) is 10.3 Å². The first-order valence-corrected chi connectivity index (χ1v) is 7.25. The van der Waals surface area contributed by atoms with Crippen LogP contribution in [0.4, 0.5) is 15.9 Å². The molecule has 0 aliphatic carbocycles. The molecule has 0 fully saturated rings. The third-order valence-corrected chi connectivity index (χ3v) is 3.61. The van der Waals surface area contributed by atoms with Crippen molar-refractivity contribution >= 4 is 17.4 Å². The molecule has 0 aliphatic heterocycles. The molecule has 1 atom stereocenters. The van der Waals surface area contributed by atoms with Crippen LogP contribution in [0.2, 0.25) is 0 Å². The molecule has 0 spiro atoms. The SMILES string of the molecule is Cc1cc(NCC(Cc2ccc(F)cc2)C(N)=O)ncc1[N+](=O)[O-]. The van der Waals surface area contributed by atoms with Gasteiger partial charge in [0, 0.05) is 12.1 Å². The number of nitrogens with zero attached hydrogens (tertiary/aromatic N) is 2. The normalized spacial score (nSPS) is 11.8. The van der Waals surface area contributed by atoms with Crippen molar-refractivity contribution in [3.05, 3.63) is 63.6 Å². The van der Waals surface area contributed by atoms with E-state index in [9.17, 15) is 19.3 Å². The van der Waals surface area contributed by atoms with Gasteiger partial charge in [-0.25, -0.2) is 9.37 Å². The molecular weight excluding hydrogens is 315 g/mol. The highest BCUT2D eigenvalue weighted by molar-refractivity contribution is 5.77. The van der Waals surface area contributed by atoms with E-state index in [0.29, 0.717) is 17.8 Å². The van der Waals surface area contributed by atoms with Gasteiger partial charge < -0.3 is 11.1 Å². The van der Waals surface area contributed by atoms with Gasteiger partial charge in [0.15, 0.2) is 0 Å². The molecule has 24 heavy (non-hydrogen) atoms. The van der Waals surface area contributed by atoms with Gasteiger partial charge in [-0.2, -0.15) is 0 Å². The number of benzene rings is 1. The molecule has 8 heteroatoms. The van der Waals surface area contributed by atoms with Crippen LogP contribution in [-0.2, 0) is 11.2 Å². The molecule has 2 rings (SSSR count). The van der Waals surface area contributed by atoms with Crippen LogP contribution in [0.25, 0.3) is 0 Å². The van der Waals surface area contributed by atoms with Crippen molar-refractivity contribution < 1.29 is 14.1 Å². The van der Waals surface area contributed by atoms with Gasteiger partial charge in [-0.05, 0) is 37.1 Å². The van der Waals surface area contributed by atoms with Crippen LogP contribution in [0.3, 0.4) is 0 Å². The summed E-state index contributed by atoms with van der Waals surface area (Å²) >= 11 is 0. The first kappa shape index (κ1) is 17.3. The van der Waals surface area contributed by atoms with Gasteiger partial charge in [0.2, 0.25) is 5.91 Å². The number of nitrogens with two attached hydrogens (primary N) is 1. The molecule has 7 nitrogen and oxygen atoms in total. The van der Waals surface area contributed by atoms with E-state index >= 15 is 0 Å². The second kappa shape index (κ2) is 7.49. The molecule has 0 bridgehead atoms. The molecule has 0 saturated carbocycles. The fraction of sp³-hybridized carbons (Fsp3) is 0.250. The minimum Gasteiger partial charge on any atom is -0.369 e. The van der Waals surface area contributed by atoms with Crippen molar-refractivity contribution in [3.8, 4) is 0 Å². The van der Waals surface area contributed by atoms with Gasteiger partial charge in [-0.1, -0.05) is 12.1 Å². The van der Waals surface area contributed by atoms with E-state index < -0.39 is 16.7 Å². The smallest absolute Gasteiger partial charge is 0.290 e. The Morgan fingerprint density at radius 1 is 1.42 bits per heavy atom. The number of primary amides is 1. The summed E-state index contributed by atoms with van der Waals surface area (Å²) in [5.74, 6) is -0.945. The number of aryl methyl sites for hydroxylation is 1. The molecule has 126 valence electrons. The Hall–Kier alpha value is -3.03. The second-order valence-corrected chi connectivity index (χ2v) is 5.42. The zero-order chi connectivity index (χ0) is 17.7. The third-order valence-electron chi connectivity index (χ3n) is 3.61. The van der Waals surface area contributed by atoms with E-state index in [0.717, 1.165) is 11.8 Å². The Balaban J connectivity index is 2.03. The summed E-state index contributed by atoms with van der Waals surface area (Å²) in [6, 6.07) is 7.37. The number of aromatic nitrogens is 1. The minimum atomic E-state index is -0.521. The van der Waals surface area contributed by atoms with Crippen molar-refractivity contribution in [2.75, 3.05) is 11.9 Å². The number of hydrogen-bond acceptors (Lipinski definition) is 5. The highest BCUT2D eigenvalue weighted by Gasteiger charge is 2.17. The number of anilines is 1. The Bertz CT molecular complexity index is 749. The van der Waals surface area contributed by atoms with E-state index in [1.165, 1.54) is 18.2 Å². The van der Waals surface area contributed by atoms with Gasteiger partial charge in [0.1, 0.15) is 17.8 Å². The number of hydrogen-bond donors (Lipinski definition) is 2. The minimum absolute atomic E-state index is 0.0710. The first-order chi connectivity index (χ1) is 11.4. The molecule has 0 aliphatic rings. The van der Waals surface area contributed by atoms with E-state index in [1.54, 1.807) is 19.1 Å². The summed E-state index contributed by atoms with van der Waals surface area (Å²) in [6.45, 7) is 1.83. The molecule has 1 heterocycles. The van der Waals surface area contributed by atoms with Gasteiger partial charge in [-0.3, -0.25) is 14.9 Å². The number of amides is 1. The quantitative estimate of drug-likeness (QED) is 0.596. The first-order valence-electron chi connectivity index (χ1n) is 7.25. The van der Waals surface area contributed by atoms with Gasteiger partial charge in [0.05, 0.1) is 10.8 Å². The molecule has 3 N–H and O–H groups in total. The monoisotopic (exact) mass is 332 g/mol. The zero-order valence-corrected chi connectivity index (χ0v) is 13.0. The summed E-state index contributed by atoms with van der Waals surface area (Å²) in [7, 11) is 0. The maximum Gasteiger partial charge on any atom is 0.290 e. The Morgan fingerprint density at radius 2 is 2.08 bits per heavy atom. The number of pyridine rings is 1. The van der Waals surface area contributed by atoms with Gasteiger partial charge in [0.25, 0.3) is 5.69 Å². The Kier molecular flexibility index (Phi) is 5.41. The van der Waals surface area contributed by atoms with E-state index in [1.807, 2.05) is 0 Å². The van der Waals surface area contributed by atoms with E-state index in [-0.39, 0.29) is 18.0 Å². The van der Waals surface area contributed by atoms with Crippen LogP contribution in [0.1, 0.15) is 11.1 Å². The van der Waals surface area contributed by atoms with Crippen LogP contribution >= 0.6 is 0 Å². The predicted octanol–water partition coefficient (Wildman–Crippen LogP) is 2.19. The highest BCUT2D eigenvalue weighted by Crippen LogP contribution is 2.19. The maximum atomic E-state index is 12.9. The second-order valence-electron chi connectivity index (χ2n) is 5.42. The molecule has 0 saturated heterocycles. The number of nitro groups is 1. The molecule has 1 aromatic carbocycles. The Morgan fingerprint density at radius 3 is 2.62 bits per heavy atom. The molecule has 0 radical (unpaired) electrons. The Labute approximate surface area is 137 Å². The fourth-order valence-corrected chi connectivity index (χ4v) is 2.24. The standard InChI is InChI=1S/C16H17FN4O3/c1-10-6-15(20-9-14(10)21(23)24)19-8-12(16(18)22)7-11-2-4-13(17)5-3-11/h2-6,9,12H,7-8H2,1H3,(H2,18,22)(H,19,20). The lowest BCUT2D eigenvalue weighted by Crippen LogP contribution is -2.31. The average molecular weight is 332 g/mol. The van der Waals surface area contributed by atoms with Crippen LogP contribution in [0.5, 0.6) is 0 Å². The predicted molar refractivity (Wildman–Crippen MR) is 86.9 cm³/mol. The lowest BCUT2D eigenvalue weighted by atomic mass is 9.98. The zero-order valence-electron chi connectivity index (χ0n) is 13.0. The van der Waals surface area contributed by atoms with Crippen LogP contribution < -0.4 is 11.1 Å². The lowest BCUT2D eigenvalue weighted by molar-refractivity contribution is -0.385. The van der Waals surface area contributed by atoms with Crippen LogP contribution in [0, 0.1) is 28.8 Å². The number of nitrogens with one attached hydrogen (secondary N) is 1. The topological polar surface area (TPSA) is 111 Å². The van der Waals surface area contributed by atoms with Crippen LogP contribution in [-0.4, -0.2) is 22.4 Å². The van der Waals surface area contributed by atoms with Crippen molar-refractivity contribution in [2.45, 2.75) is 13.3 Å². The van der Waals surface area contributed by atoms with Crippen molar-refractivity contribution in [2.24, 2.45) is 11.7 Å². The third kappa shape index (κ3) is 4.48. The summed E-state index contributed by atoms with van der Waals surface area (Å²) in [5, 5.41) is 13.7. The molecule has 1 unspecified atom stereocenters. The summed E-state index contributed by atoms with van der Waals surface area (Å²) in [5.41, 5.74) is 6.59. The maximum absolute atomic E-state index is 12.9. The number of carbonyl (C=O) groups is 1. The molecule has 1 amide bonds. The molecule has 1 aromatic heterocycles. The molecule has 2 aromatic rings. The average Bonchev–Trinajstić information content (AvgIpc) is 2.52. The van der Waals surface area contributed by atoms with Crippen molar-refractivity contribution in [1.82, 2.24) is 4.98 Å². The summed E-state index contributed by atoms with van der Waals surface area (Å²) < 4.78 is 12.9. The summed E-state index contributed by atoms with van der Waals surface area (Å²) in [4.78, 5) is 25.8. The van der Waals surface area contributed by atoms with E-state index in [4.69, 9.17) is 5.73 Å². The summed E-state index contributed by atoms with van der Waals surface area (Å²) in [6.07, 6.45) is 1.52. The number of halogens is 1. The fourth-order valence-electron chi connectivity index (χ4n) is 2.24. The molecular formula is C16H17FN4O3. The number of rotatable bonds is 7. The lowest BCUT2D eigenvalue weighted by Gasteiger charge is -2.15. The highest BCUT2D eigenvalue weighted by atomic mass is 19.1. The number of carbonyl (C=O) groups excluding carboxylic acids is 1. The van der Waals surface area contributed by atoms with Crippen molar-refractivity contribution in [3.63, 3.8) is 0 Å². The largest absolute Gasteiger partial charge is 0.369 e. The van der Waals surface area contributed by atoms with Gasteiger partial charge in [-0.15, -0.1) is 0 Å². The van der Waals surface area contributed by atoms with Gasteiger partial charge >= 0.3 is 0 Å². The van der Waals surface area contributed by atoms with Crippen molar-refractivity contribution in [1.29, 1.82) is 0 Å². The van der Waals surface area contributed by atoms with Crippen LogP contribution in [0.15, 0.2) is 36.5 Å².